The van der Waals surface area contributed by atoms with Gasteiger partial charge in [-0.05, 0) is 54.1 Å². The Morgan fingerprint density at radius 2 is 1.61 bits per heavy atom. The van der Waals surface area contributed by atoms with E-state index >= 15 is 0 Å². The van der Waals surface area contributed by atoms with E-state index in [1.54, 1.807) is 55.7 Å². The molecule has 0 fully saturated rings. The second-order valence-corrected chi connectivity index (χ2v) is 11.3. The van der Waals surface area contributed by atoms with Gasteiger partial charge in [0.1, 0.15) is 11.4 Å². The zero-order chi connectivity index (χ0) is 30.7. The van der Waals surface area contributed by atoms with Gasteiger partial charge < -0.3 is 20.7 Å². The van der Waals surface area contributed by atoms with E-state index in [1.165, 1.54) is 23.1 Å². The monoisotopic (exact) mass is 620 g/mol. The number of nitrogens with one attached hydrogen (secondary N) is 3. The lowest BCUT2D eigenvalue weighted by Crippen LogP contribution is -2.30. The first-order chi connectivity index (χ1) is 21.5. The molecule has 5 rings (SSSR count). The smallest absolute Gasteiger partial charge is 0.272 e. The second kappa shape index (κ2) is 14.8. The largest absolute Gasteiger partial charge is 0.497 e. The summed E-state index contributed by atoms with van der Waals surface area (Å²) in [5.41, 5.74) is 3.47. The highest BCUT2D eigenvalue weighted by Crippen LogP contribution is 2.28. The van der Waals surface area contributed by atoms with Crippen molar-refractivity contribution in [1.29, 1.82) is 0 Å². The van der Waals surface area contributed by atoms with Gasteiger partial charge in [-0.25, -0.2) is 4.98 Å². The van der Waals surface area contributed by atoms with Gasteiger partial charge in [0.25, 0.3) is 11.8 Å². The average molecular weight is 621 g/mol. The van der Waals surface area contributed by atoms with E-state index in [1.807, 2.05) is 72.1 Å². The number of aromatic nitrogens is 1. The van der Waals surface area contributed by atoms with E-state index in [0.29, 0.717) is 16.4 Å². The predicted molar refractivity (Wildman–Crippen MR) is 177 cm³/mol. The van der Waals surface area contributed by atoms with Crippen molar-refractivity contribution in [3.05, 3.63) is 131 Å². The molecule has 1 heterocycles. The Hall–Kier alpha value is -5.19. The lowest BCUT2D eigenvalue weighted by atomic mass is 10.1. The van der Waals surface area contributed by atoms with E-state index in [-0.39, 0.29) is 17.4 Å². The third-order valence-corrected chi connectivity index (χ3v) is 7.97. The van der Waals surface area contributed by atoms with Gasteiger partial charge >= 0.3 is 0 Å². The molecular weight excluding hydrogens is 593 g/mol. The van der Waals surface area contributed by atoms with E-state index < -0.39 is 11.8 Å². The molecule has 3 amide bonds. The molecule has 220 valence electrons. The van der Waals surface area contributed by atoms with E-state index in [0.717, 1.165) is 27.5 Å². The highest BCUT2D eigenvalue weighted by atomic mass is 32.2. The number of methoxy groups -OCH3 is 1. The Balaban J connectivity index is 1.21. The summed E-state index contributed by atoms with van der Waals surface area (Å²) in [6, 6.07) is 32.7. The number of ether oxygens (including phenoxy) is 1. The highest BCUT2D eigenvalue weighted by Gasteiger charge is 2.16. The summed E-state index contributed by atoms with van der Waals surface area (Å²) in [4.78, 5) is 44.2. The molecule has 4 aromatic carbocycles. The molecule has 0 atom stereocenters. The maximum atomic E-state index is 13.3. The molecule has 0 aliphatic heterocycles. The molecule has 44 heavy (non-hydrogen) atoms. The molecule has 10 heteroatoms. The normalized spacial score (nSPS) is 11.0. The standard InChI is InChI=1S/C34H28N4O4S2/c1-42-27-16-8-14-25(19-27)30-21-44-34(37-30)38-31(39)22-43-28-17-9-15-26(20-28)35-33(41)29(18-23-10-4-2-5-11-23)36-32(40)24-12-6-3-7-13-24/h2-21H,22H2,1H3,(H,35,41)(H,36,40)(H,37,38,39)/b29-18-. The van der Waals surface area contributed by atoms with Crippen LogP contribution in [-0.4, -0.2) is 35.6 Å². The molecule has 0 aliphatic carbocycles. The van der Waals surface area contributed by atoms with Crippen LogP contribution in [-0.2, 0) is 9.59 Å². The van der Waals surface area contributed by atoms with Gasteiger partial charge in [0.2, 0.25) is 5.91 Å². The summed E-state index contributed by atoms with van der Waals surface area (Å²) >= 11 is 2.68. The van der Waals surface area contributed by atoms with Crippen molar-refractivity contribution in [1.82, 2.24) is 10.3 Å². The Bertz CT molecular complexity index is 1790. The Morgan fingerprint density at radius 3 is 2.39 bits per heavy atom. The molecule has 1 aromatic heterocycles. The quantitative estimate of drug-likeness (QED) is 0.109. The number of benzene rings is 4. The van der Waals surface area contributed by atoms with Gasteiger partial charge in [-0.1, -0.05) is 66.7 Å². The van der Waals surface area contributed by atoms with Crippen molar-refractivity contribution >= 4 is 57.7 Å². The lowest BCUT2D eigenvalue weighted by molar-refractivity contribution is -0.114. The van der Waals surface area contributed by atoms with E-state index in [2.05, 4.69) is 20.9 Å². The van der Waals surface area contributed by atoms with Crippen LogP contribution < -0.4 is 20.7 Å². The van der Waals surface area contributed by atoms with Crippen LogP contribution in [0.2, 0.25) is 0 Å². The van der Waals surface area contributed by atoms with Crippen LogP contribution in [0.15, 0.2) is 125 Å². The Morgan fingerprint density at radius 1 is 0.864 bits per heavy atom. The van der Waals surface area contributed by atoms with Crippen LogP contribution in [0.3, 0.4) is 0 Å². The van der Waals surface area contributed by atoms with Crippen LogP contribution >= 0.6 is 23.1 Å². The molecule has 0 radical (unpaired) electrons. The minimum atomic E-state index is -0.478. The fraction of sp³-hybridized carbons (Fsp3) is 0.0588. The fourth-order valence-electron chi connectivity index (χ4n) is 4.07. The third kappa shape index (κ3) is 8.43. The Kier molecular flexibility index (Phi) is 10.2. The van der Waals surface area contributed by atoms with Gasteiger partial charge in [-0.2, -0.15) is 0 Å². The van der Waals surface area contributed by atoms with Crippen LogP contribution in [0.5, 0.6) is 5.75 Å². The molecule has 0 unspecified atom stereocenters. The summed E-state index contributed by atoms with van der Waals surface area (Å²) in [7, 11) is 1.61. The molecule has 8 nitrogen and oxygen atoms in total. The molecule has 0 bridgehead atoms. The number of thiazole rings is 1. The minimum Gasteiger partial charge on any atom is -0.497 e. The Labute approximate surface area is 263 Å². The molecule has 5 aromatic rings. The van der Waals surface area contributed by atoms with Crippen molar-refractivity contribution in [2.24, 2.45) is 0 Å². The second-order valence-electron chi connectivity index (χ2n) is 9.38. The fourth-order valence-corrected chi connectivity index (χ4v) is 5.56. The van der Waals surface area contributed by atoms with E-state index in [9.17, 15) is 14.4 Å². The molecule has 0 aliphatic rings. The first-order valence-corrected chi connectivity index (χ1v) is 15.4. The SMILES string of the molecule is COc1cccc(-c2csc(NC(=O)CSc3cccc(NC(=O)/C(=C/c4ccccc4)NC(=O)c4ccccc4)c3)n2)c1. The first kappa shape index (κ1) is 30.3. The zero-order valence-corrected chi connectivity index (χ0v) is 25.3. The predicted octanol–water partition coefficient (Wildman–Crippen LogP) is 6.96. The molecule has 0 spiro atoms. The number of carbonyl (C=O) groups is 3. The number of anilines is 2. The van der Waals surface area contributed by atoms with Gasteiger partial charge in [0.15, 0.2) is 5.13 Å². The van der Waals surface area contributed by atoms with Crippen molar-refractivity contribution in [3.8, 4) is 17.0 Å². The van der Waals surface area contributed by atoms with Gasteiger partial charge in [0.05, 0.1) is 18.6 Å². The molecule has 0 saturated heterocycles. The topological polar surface area (TPSA) is 109 Å². The maximum absolute atomic E-state index is 13.3. The average Bonchev–Trinajstić information content (AvgIpc) is 3.53. The number of hydrogen-bond acceptors (Lipinski definition) is 7. The molecule has 3 N–H and O–H groups in total. The lowest BCUT2D eigenvalue weighted by Gasteiger charge is -2.12. The number of nitrogens with zero attached hydrogens (tertiary/aromatic N) is 1. The molecular formula is C34H28N4O4S2. The number of hydrogen-bond donors (Lipinski definition) is 3. The third-order valence-electron chi connectivity index (χ3n) is 6.22. The van der Waals surface area contributed by atoms with Crippen LogP contribution in [0.4, 0.5) is 10.8 Å². The maximum Gasteiger partial charge on any atom is 0.272 e. The minimum absolute atomic E-state index is 0.0965. The summed E-state index contributed by atoms with van der Waals surface area (Å²) < 4.78 is 5.28. The van der Waals surface area contributed by atoms with Crippen molar-refractivity contribution in [3.63, 3.8) is 0 Å². The van der Waals surface area contributed by atoms with Gasteiger partial charge in [-0.15, -0.1) is 23.1 Å². The van der Waals surface area contributed by atoms with Crippen molar-refractivity contribution < 1.29 is 19.1 Å². The van der Waals surface area contributed by atoms with Crippen LogP contribution in [0, 0.1) is 0 Å². The zero-order valence-electron chi connectivity index (χ0n) is 23.7. The number of rotatable bonds is 11. The number of thioether (sulfide) groups is 1. The summed E-state index contributed by atoms with van der Waals surface area (Å²) in [6.45, 7) is 0. The van der Waals surface area contributed by atoms with Crippen LogP contribution in [0.25, 0.3) is 17.3 Å². The molecule has 0 saturated carbocycles. The van der Waals surface area contributed by atoms with Crippen molar-refractivity contribution in [2.75, 3.05) is 23.5 Å². The highest BCUT2D eigenvalue weighted by molar-refractivity contribution is 8.00. The summed E-state index contributed by atoms with van der Waals surface area (Å²) in [6.07, 6.45) is 1.62. The van der Waals surface area contributed by atoms with E-state index in [4.69, 9.17) is 4.74 Å². The van der Waals surface area contributed by atoms with Crippen molar-refractivity contribution in [2.45, 2.75) is 4.90 Å². The van der Waals surface area contributed by atoms with Gasteiger partial charge in [0, 0.05) is 27.1 Å². The first-order valence-electron chi connectivity index (χ1n) is 13.5. The number of amides is 3. The van der Waals surface area contributed by atoms with Crippen LogP contribution in [0.1, 0.15) is 15.9 Å². The summed E-state index contributed by atoms with van der Waals surface area (Å²) in [5, 5.41) is 10.8. The number of carbonyl (C=O) groups excluding carboxylic acids is 3. The van der Waals surface area contributed by atoms with Gasteiger partial charge in [-0.3, -0.25) is 14.4 Å². The summed E-state index contributed by atoms with van der Waals surface area (Å²) in [5.74, 6) is -0.190.